The zero-order valence-electron chi connectivity index (χ0n) is 10.1. The molecule has 2 atom stereocenters. The van der Waals surface area contributed by atoms with Gasteiger partial charge in [-0.3, -0.25) is 9.48 Å². The Balaban J connectivity index is 1.99. The molecule has 0 fully saturated rings. The molecule has 6 heteroatoms. The minimum absolute atomic E-state index is 0.0481. The number of nitrogens with zero attached hydrogens (tertiary/aromatic N) is 2. The molecule has 0 unspecified atom stereocenters. The van der Waals surface area contributed by atoms with Gasteiger partial charge in [-0.2, -0.15) is 5.10 Å². The van der Waals surface area contributed by atoms with Gasteiger partial charge in [-0.1, -0.05) is 11.6 Å². The summed E-state index contributed by atoms with van der Waals surface area (Å²) < 4.78 is 2.36. The van der Waals surface area contributed by atoms with Gasteiger partial charge in [-0.15, -0.1) is 11.3 Å². The monoisotopic (exact) mass is 283 g/mol. The van der Waals surface area contributed by atoms with Crippen molar-refractivity contribution in [2.45, 2.75) is 25.9 Å². The van der Waals surface area contributed by atoms with Gasteiger partial charge < -0.3 is 5.32 Å². The summed E-state index contributed by atoms with van der Waals surface area (Å²) in [7, 11) is 0. The molecule has 0 aromatic carbocycles. The first kappa shape index (κ1) is 13.1. The summed E-state index contributed by atoms with van der Waals surface area (Å²) in [5, 5.41) is 7.01. The first-order valence-corrected chi connectivity index (χ1v) is 6.82. The minimum Gasteiger partial charge on any atom is -0.347 e. The van der Waals surface area contributed by atoms with E-state index in [1.165, 1.54) is 11.3 Å². The van der Waals surface area contributed by atoms with Gasteiger partial charge >= 0.3 is 0 Å². The van der Waals surface area contributed by atoms with Crippen LogP contribution in [0.5, 0.6) is 0 Å². The van der Waals surface area contributed by atoms with Crippen molar-refractivity contribution in [1.29, 1.82) is 0 Å². The Kier molecular flexibility index (Phi) is 4.04. The molecule has 4 nitrogen and oxygen atoms in total. The Morgan fingerprint density at radius 2 is 2.28 bits per heavy atom. The van der Waals surface area contributed by atoms with E-state index in [2.05, 4.69) is 10.4 Å². The van der Waals surface area contributed by atoms with Gasteiger partial charge in [0.1, 0.15) is 6.04 Å². The van der Waals surface area contributed by atoms with Crippen molar-refractivity contribution >= 4 is 28.8 Å². The average molecular weight is 284 g/mol. The zero-order chi connectivity index (χ0) is 13.1. The van der Waals surface area contributed by atoms with Crippen molar-refractivity contribution in [3.8, 4) is 0 Å². The molecule has 2 rings (SSSR count). The van der Waals surface area contributed by atoms with Crippen molar-refractivity contribution in [1.82, 2.24) is 15.1 Å². The van der Waals surface area contributed by atoms with E-state index in [-0.39, 0.29) is 18.0 Å². The summed E-state index contributed by atoms with van der Waals surface area (Å²) in [6.45, 7) is 3.76. The summed E-state index contributed by atoms with van der Waals surface area (Å²) in [6.07, 6.45) is 3.43. The Morgan fingerprint density at radius 3 is 2.83 bits per heavy atom. The Bertz CT molecular complexity index is 523. The van der Waals surface area contributed by atoms with Gasteiger partial charge in [-0.25, -0.2) is 0 Å². The Labute approximate surface area is 115 Å². The molecular formula is C12H14ClN3OS. The van der Waals surface area contributed by atoms with E-state index in [0.717, 1.165) is 9.21 Å². The lowest BCUT2D eigenvalue weighted by molar-refractivity contribution is -0.124. The summed E-state index contributed by atoms with van der Waals surface area (Å²) in [6, 6.07) is 5.19. The van der Waals surface area contributed by atoms with Crippen molar-refractivity contribution in [3.05, 3.63) is 39.8 Å². The van der Waals surface area contributed by atoms with Crippen LogP contribution in [0.15, 0.2) is 30.6 Å². The molecule has 2 aromatic rings. The van der Waals surface area contributed by atoms with Crippen LogP contribution < -0.4 is 5.32 Å². The molecule has 0 aliphatic rings. The van der Waals surface area contributed by atoms with E-state index >= 15 is 0 Å². The quantitative estimate of drug-likeness (QED) is 0.937. The molecule has 18 heavy (non-hydrogen) atoms. The van der Waals surface area contributed by atoms with E-state index in [0.29, 0.717) is 0 Å². The number of aromatic nitrogens is 2. The number of amides is 1. The second kappa shape index (κ2) is 5.54. The van der Waals surface area contributed by atoms with E-state index in [4.69, 9.17) is 11.6 Å². The fourth-order valence-corrected chi connectivity index (χ4v) is 2.66. The molecule has 96 valence electrons. The normalized spacial score (nSPS) is 14.2. The molecule has 0 spiro atoms. The summed E-state index contributed by atoms with van der Waals surface area (Å²) >= 11 is 7.35. The number of thiophene rings is 1. The lowest BCUT2D eigenvalue weighted by Gasteiger charge is -2.16. The molecule has 2 aromatic heterocycles. The van der Waals surface area contributed by atoms with Crippen molar-refractivity contribution in [2.24, 2.45) is 0 Å². The van der Waals surface area contributed by atoms with Crippen molar-refractivity contribution < 1.29 is 4.79 Å². The summed E-state index contributed by atoms with van der Waals surface area (Å²) in [5.41, 5.74) is 0. The van der Waals surface area contributed by atoms with E-state index in [1.54, 1.807) is 23.1 Å². The molecule has 0 saturated heterocycles. The van der Waals surface area contributed by atoms with Crippen LogP contribution in [-0.4, -0.2) is 15.7 Å². The number of nitrogens with one attached hydrogen (secondary N) is 1. The first-order valence-electron chi connectivity index (χ1n) is 5.62. The smallest absolute Gasteiger partial charge is 0.245 e. The zero-order valence-corrected chi connectivity index (χ0v) is 11.7. The lowest BCUT2D eigenvalue weighted by atomic mass is 10.2. The molecule has 0 aliphatic heterocycles. The highest BCUT2D eigenvalue weighted by atomic mass is 35.5. The number of carbonyl (C=O) groups is 1. The number of hydrogen-bond acceptors (Lipinski definition) is 3. The van der Waals surface area contributed by atoms with Crippen molar-refractivity contribution in [2.75, 3.05) is 0 Å². The van der Waals surface area contributed by atoms with Crippen LogP contribution in [0.4, 0.5) is 0 Å². The van der Waals surface area contributed by atoms with Gasteiger partial charge in [0.15, 0.2) is 0 Å². The molecule has 0 bridgehead atoms. The largest absolute Gasteiger partial charge is 0.347 e. The topological polar surface area (TPSA) is 46.9 Å². The van der Waals surface area contributed by atoms with Gasteiger partial charge in [0.05, 0.1) is 10.4 Å². The fraction of sp³-hybridized carbons (Fsp3) is 0.333. The van der Waals surface area contributed by atoms with Crippen LogP contribution in [0.3, 0.4) is 0 Å². The van der Waals surface area contributed by atoms with Crippen LogP contribution >= 0.6 is 22.9 Å². The van der Waals surface area contributed by atoms with E-state index in [1.807, 2.05) is 26.0 Å². The second-order valence-corrected chi connectivity index (χ2v) is 5.78. The number of hydrogen-bond donors (Lipinski definition) is 1. The van der Waals surface area contributed by atoms with Crippen LogP contribution in [-0.2, 0) is 4.79 Å². The number of rotatable bonds is 4. The standard InChI is InChI=1S/C12H14ClN3OS/c1-8(10-4-5-11(13)18-10)15-12(17)9(2)16-7-3-6-14-16/h3-9H,1-2H3,(H,15,17)/t8-,9-/m1/s1. The molecule has 2 heterocycles. The predicted molar refractivity (Wildman–Crippen MR) is 72.8 cm³/mol. The average Bonchev–Trinajstić information content (AvgIpc) is 2.98. The maximum absolute atomic E-state index is 12.0. The first-order chi connectivity index (χ1) is 8.58. The van der Waals surface area contributed by atoms with Gasteiger partial charge in [0.25, 0.3) is 0 Å². The molecule has 1 N–H and O–H groups in total. The highest BCUT2D eigenvalue weighted by Crippen LogP contribution is 2.26. The summed E-state index contributed by atoms with van der Waals surface area (Å²) in [5.74, 6) is -0.0595. The number of halogens is 1. The highest BCUT2D eigenvalue weighted by Gasteiger charge is 2.18. The van der Waals surface area contributed by atoms with E-state index in [9.17, 15) is 4.79 Å². The lowest BCUT2D eigenvalue weighted by Crippen LogP contribution is -2.32. The maximum atomic E-state index is 12.0. The maximum Gasteiger partial charge on any atom is 0.245 e. The van der Waals surface area contributed by atoms with Crippen LogP contribution in [0.1, 0.15) is 30.8 Å². The molecule has 0 aliphatic carbocycles. The summed E-state index contributed by atoms with van der Waals surface area (Å²) in [4.78, 5) is 13.1. The highest BCUT2D eigenvalue weighted by molar-refractivity contribution is 7.16. The SMILES string of the molecule is C[C@H](C(=O)N[C@H](C)c1ccc(Cl)s1)n1cccn1. The third-order valence-corrected chi connectivity index (χ3v) is 4.09. The minimum atomic E-state index is -0.321. The van der Waals surface area contributed by atoms with Gasteiger partial charge in [0.2, 0.25) is 5.91 Å². The van der Waals surface area contributed by atoms with Crippen LogP contribution in [0, 0.1) is 0 Å². The molecule has 0 radical (unpaired) electrons. The fourth-order valence-electron chi connectivity index (χ4n) is 1.60. The van der Waals surface area contributed by atoms with Crippen LogP contribution in [0.2, 0.25) is 4.34 Å². The third kappa shape index (κ3) is 2.91. The van der Waals surface area contributed by atoms with Crippen LogP contribution in [0.25, 0.3) is 0 Å². The van der Waals surface area contributed by atoms with Crippen molar-refractivity contribution in [3.63, 3.8) is 0 Å². The molecular weight excluding hydrogens is 270 g/mol. The molecule has 0 saturated carbocycles. The van der Waals surface area contributed by atoms with Gasteiger partial charge in [-0.05, 0) is 32.0 Å². The van der Waals surface area contributed by atoms with Gasteiger partial charge in [0, 0.05) is 17.3 Å². The Morgan fingerprint density at radius 1 is 1.50 bits per heavy atom. The predicted octanol–water partition coefficient (Wildman–Crippen LogP) is 3.04. The second-order valence-electron chi connectivity index (χ2n) is 4.03. The van der Waals surface area contributed by atoms with E-state index < -0.39 is 0 Å². The molecule has 1 amide bonds. The number of carbonyl (C=O) groups excluding carboxylic acids is 1. The third-order valence-electron chi connectivity index (χ3n) is 2.68. The Hall–Kier alpha value is -1.33.